The fourth-order valence-corrected chi connectivity index (χ4v) is 4.78. The molecular formula is C18H28N4S. The number of thiophene rings is 1. The van der Waals surface area contributed by atoms with Crippen LogP contribution in [0.2, 0.25) is 0 Å². The van der Waals surface area contributed by atoms with Crippen molar-refractivity contribution in [3.05, 3.63) is 16.8 Å². The molecule has 0 aromatic carbocycles. The molecule has 0 radical (unpaired) electrons. The van der Waals surface area contributed by atoms with Crippen molar-refractivity contribution in [2.75, 3.05) is 26.0 Å². The van der Waals surface area contributed by atoms with Crippen molar-refractivity contribution in [2.24, 2.45) is 5.41 Å². The number of aryl methyl sites for hydroxylation is 2. The summed E-state index contributed by atoms with van der Waals surface area (Å²) < 4.78 is 0. The standard InChI is InChI=1S/C18H28N4S/c1-12(18(2,3)10-22(4)5)21-16-15-13-8-6-7-9-14(13)23-17(15)20-11-19-16/h11-12H,6-10H2,1-5H3,(H,19,20,21)/t12-/m0/s1. The van der Waals surface area contributed by atoms with Gasteiger partial charge in [0.2, 0.25) is 0 Å². The molecule has 1 aliphatic rings. The molecule has 2 aromatic heterocycles. The van der Waals surface area contributed by atoms with Crippen molar-refractivity contribution in [3.8, 4) is 0 Å². The van der Waals surface area contributed by atoms with Crippen molar-refractivity contribution < 1.29 is 0 Å². The lowest BCUT2D eigenvalue weighted by Crippen LogP contribution is -2.41. The van der Waals surface area contributed by atoms with E-state index < -0.39 is 0 Å². The summed E-state index contributed by atoms with van der Waals surface area (Å²) in [6.45, 7) is 7.92. The third kappa shape index (κ3) is 3.36. The fourth-order valence-electron chi connectivity index (χ4n) is 3.55. The number of hydrogen-bond donors (Lipinski definition) is 1. The number of aromatic nitrogens is 2. The summed E-state index contributed by atoms with van der Waals surface area (Å²) in [6, 6.07) is 0.335. The zero-order valence-electron chi connectivity index (χ0n) is 14.9. The predicted molar refractivity (Wildman–Crippen MR) is 99.5 cm³/mol. The second kappa shape index (κ2) is 6.36. The van der Waals surface area contributed by atoms with Crippen molar-refractivity contribution in [1.82, 2.24) is 14.9 Å². The smallest absolute Gasteiger partial charge is 0.138 e. The number of anilines is 1. The van der Waals surface area contributed by atoms with Crippen LogP contribution in [0.15, 0.2) is 6.33 Å². The highest BCUT2D eigenvalue weighted by molar-refractivity contribution is 7.19. The molecule has 0 saturated carbocycles. The molecule has 0 saturated heterocycles. The van der Waals surface area contributed by atoms with Crippen LogP contribution in [0, 0.1) is 5.41 Å². The van der Waals surface area contributed by atoms with E-state index in [-0.39, 0.29) is 5.41 Å². The second-order valence-corrected chi connectivity index (χ2v) is 8.79. The summed E-state index contributed by atoms with van der Waals surface area (Å²) in [7, 11) is 4.26. The maximum atomic E-state index is 4.59. The SMILES string of the molecule is C[C@H](Nc1ncnc2sc3c(c12)CCCC3)C(C)(C)CN(C)C. The first-order valence-corrected chi connectivity index (χ1v) is 9.36. The van der Waals surface area contributed by atoms with Gasteiger partial charge in [-0.15, -0.1) is 11.3 Å². The Morgan fingerprint density at radius 2 is 2.00 bits per heavy atom. The van der Waals surface area contributed by atoms with Gasteiger partial charge in [0.15, 0.2) is 0 Å². The molecule has 126 valence electrons. The fraction of sp³-hybridized carbons (Fsp3) is 0.667. The van der Waals surface area contributed by atoms with Gasteiger partial charge in [0.1, 0.15) is 17.0 Å². The summed E-state index contributed by atoms with van der Waals surface area (Å²) in [5, 5.41) is 4.97. The van der Waals surface area contributed by atoms with Gasteiger partial charge in [0.25, 0.3) is 0 Å². The largest absolute Gasteiger partial charge is 0.366 e. The third-order valence-electron chi connectivity index (χ3n) is 5.00. The molecule has 2 aromatic rings. The summed E-state index contributed by atoms with van der Waals surface area (Å²) in [4.78, 5) is 14.0. The Kier molecular flexibility index (Phi) is 4.61. The first kappa shape index (κ1) is 16.7. The molecule has 1 aliphatic carbocycles. The number of rotatable bonds is 5. The van der Waals surface area contributed by atoms with Gasteiger partial charge in [0.05, 0.1) is 5.39 Å². The molecule has 2 heterocycles. The minimum Gasteiger partial charge on any atom is -0.366 e. The Hall–Kier alpha value is -1.20. The van der Waals surface area contributed by atoms with Gasteiger partial charge < -0.3 is 10.2 Å². The predicted octanol–water partition coefficient (Wildman–Crippen LogP) is 3.96. The average Bonchev–Trinajstić information content (AvgIpc) is 2.85. The van der Waals surface area contributed by atoms with E-state index in [1.54, 1.807) is 6.33 Å². The highest BCUT2D eigenvalue weighted by Gasteiger charge is 2.28. The van der Waals surface area contributed by atoms with E-state index in [1.807, 2.05) is 11.3 Å². The lowest BCUT2D eigenvalue weighted by atomic mass is 9.85. The highest BCUT2D eigenvalue weighted by Crippen LogP contribution is 2.38. The zero-order valence-corrected chi connectivity index (χ0v) is 15.8. The number of nitrogens with zero attached hydrogens (tertiary/aromatic N) is 3. The topological polar surface area (TPSA) is 41.1 Å². The molecule has 1 N–H and O–H groups in total. The maximum Gasteiger partial charge on any atom is 0.138 e. The van der Waals surface area contributed by atoms with Gasteiger partial charge in [-0.1, -0.05) is 13.8 Å². The Balaban J connectivity index is 1.92. The van der Waals surface area contributed by atoms with Crippen molar-refractivity contribution >= 4 is 27.4 Å². The van der Waals surface area contributed by atoms with Crippen molar-refractivity contribution in [1.29, 1.82) is 0 Å². The molecular weight excluding hydrogens is 304 g/mol. The van der Waals surface area contributed by atoms with E-state index in [1.165, 1.54) is 41.5 Å². The molecule has 3 rings (SSSR count). The van der Waals surface area contributed by atoms with E-state index in [0.717, 1.165) is 17.2 Å². The first-order valence-electron chi connectivity index (χ1n) is 8.55. The molecule has 0 fully saturated rings. The third-order valence-corrected chi connectivity index (χ3v) is 6.20. The van der Waals surface area contributed by atoms with Crippen molar-refractivity contribution in [3.63, 3.8) is 0 Å². The van der Waals surface area contributed by atoms with Crippen LogP contribution in [0.3, 0.4) is 0 Å². The number of hydrogen-bond acceptors (Lipinski definition) is 5. The Bertz CT molecular complexity index is 690. The molecule has 0 amide bonds. The van der Waals surface area contributed by atoms with Crippen LogP contribution in [0.4, 0.5) is 5.82 Å². The minimum atomic E-state index is 0.164. The van der Waals surface area contributed by atoms with Gasteiger partial charge >= 0.3 is 0 Å². The van der Waals surface area contributed by atoms with E-state index in [4.69, 9.17) is 0 Å². The summed E-state index contributed by atoms with van der Waals surface area (Å²) >= 11 is 1.86. The van der Waals surface area contributed by atoms with Crippen LogP contribution in [0.1, 0.15) is 44.1 Å². The molecule has 23 heavy (non-hydrogen) atoms. The van der Waals surface area contributed by atoms with Gasteiger partial charge in [-0.05, 0) is 57.7 Å². The number of nitrogens with one attached hydrogen (secondary N) is 1. The second-order valence-electron chi connectivity index (χ2n) is 7.71. The number of fused-ring (bicyclic) bond motifs is 3. The van der Waals surface area contributed by atoms with Gasteiger partial charge in [-0.25, -0.2) is 9.97 Å². The monoisotopic (exact) mass is 332 g/mol. The summed E-state index contributed by atoms with van der Waals surface area (Å²) in [5.74, 6) is 1.02. The Morgan fingerprint density at radius 1 is 1.26 bits per heavy atom. The Morgan fingerprint density at radius 3 is 2.74 bits per heavy atom. The zero-order chi connectivity index (χ0) is 16.6. The molecule has 0 bridgehead atoms. The molecule has 0 spiro atoms. The molecule has 0 unspecified atom stereocenters. The van der Waals surface area contributed by atoms with Crippen LogP contribution in [-0.2, 0) is 12.8 Å². The van der Waals surface area contributed by atoms with Crippen molar-refractivity contribution in [2.45, 2.75) is 52.5 Å². The highest BCUT2D eigenvalue weighted by atomic mass is 32.1. The van der Waals surface area contributed by atoms with Crippen LogP contribution < -0.4 is 5.32 Å². The van der Waals surface area contributed by atoms with Crippen LogP contribution in [0.25, 0.3) is 10.2 Å². The normalized spacial score (nSPS) is 16.6. The summed E-state index contributed by atoms with van der Waals surface area (Å²) in [5.41, 5.74) is 1.66. The summed E-state index contributed by atoms with van der Waals surface area (Å²) in [6.07, 6.45) is 6.68. The van der Waals surface area contributed by atoms with Crippen LogP contribution in [-0.4, -0.2) is 41.5 Å². The molecule has 1 atom stereocenters. The first-order chi connectivity index (χ1) is 10.9. The van der Waals surface area contributed by atoms with Crippen LogP contribution >= 0.6 is 11.3 Å². The molecule has 4 nitrogen and oxygen atoms in total. The van der Waals surface area contributed by atoms with E-state index in [0.29, 0.717) is 6.04 Å². The minimum absolute atomic E-state index is 0.164. The van der Waals surface area contributed by atoms with Gasteiger partial charge in [0, 0.05) is 17.5 Å². The van der Waals surface area contributed by atoms with E-state index >= 15 is 0 Å². The van der Waals surface area contributed by atoms with E-state index in [2.05, 4.69) is 55.1 Å². The maximum absolute atomic E-state index is 4.59. The van der Waals surface area contributed by atoms with Crippen LogP contribution in [0.5, 0.6) is 0 Å². The van der Waals surface area contributed by atoms with E-state index in [9.17, 15) is 0 Å². The molecule has 5 heteroatoms. The lowest BCUT2D eigenvalue weighted by molar-refractivity contribution is 0.217. The quantitative estimate of drug-likeness (QED) is 0.900. The average molecular weight is 333 g/mol. The Labute approximate surface area is 143 Å². The van der Waals surface area contributed by atoms with Gasteiger partial charge in [-0.3, -0.25) is 0 Å². The lowest BCUT2D eigenvalue weighted by Gasteiger charge is -2.35. The van der Waals surface area contributed by atoms with Gasteiger partial charge in [-0.2, -0.15) is 0 Å². The molecule has 0 aliphatic heterocycles.